The van der Waals surface area contributed by atoms with Crippen molar-refractivity contribution in [2.24, 2.45) is 0 Å². The molecule has 0 bridgehead atoms. The highest BCUT2D eigenvalue weighted by Crippen LogP contribution is 2.17. The first-order valence-corrected chi connectivity index (χ1v) is 6.48. The molecule has 1 aromatic carbocycles. The molecule has 0 spiro atoms. The third-order valence-corrected chi connectivity index (χ3v) is 2.95. The zero-order valence-corrected chi connectivity index (χ0v) is 11.6. The third-order valence-electron chi connectivity index (χ3n) is 2.95. The number of hydrogen-bond acceptors (Lipinski definition) is 4. The first-order chi connectivity index (χ1) is 9.65. The van der Waals surface area contributed by atoms with Crippen LogP contribution in [0.2, 0.25) is 0 Å². The number of aromatic nitrogens is 1. The van der Waals surface area contributed by atoms with Gasteiger partial charge in [-0.05, 0) is 36.1 Å². The van der Waals surface area contributed by atoms with Crippen LogP contribution < -0.4 is 10.3 Å². The van der Waals surface area contributed by atoms with E-state index < -0.39 is 5.97 Å². The SMILES string of the molecule is CCCOC(=O)Cn1ccc2cc(OC)ccc2c1=O. The fourth-order valence-corrected chi connectivity index (χ4v) is 1.92. The van der Waals surface area contributed by atoms with Gasteiger partial charge in [-0.25, -0.2) is 0 Å². The van der Waals surface area contributed by atoms with Gasteiger partial charge in [0.15, 0.2) is 0 Å². The van der Waals surface area contributed by atoms with Crippen LogP contribution in [-0.4, -0.2) is 24.3 Å². The third kappa shape index (κ3) is 2.99. The zero-order chi connectivity index (χ0) is 14.5. The van der Waals surface area contributed by atoms with Gasteiger partial charge in [-0.1, -0.05) is 6.92 Å². The van der Waals surface area contributed by atoms with Crippen LogP contribution in [-0.2, 0) is 16.1 Å². The van der Waals surface area contributed by atoms with E-state index in [2.05, 4.69) is 0 Å². The molecule has 0 aliphatic carbocycles. The average molecular weight is 275 g/mol. The number of carbonyl (C=O) groups excluding carboxylic acids is 1. The molecule has 0 saturated heterocycles. The molecule has 0 amide bonds. The number of nitrogens with zero attached hydrogens (tertiary/aromatic N) is 1. The second-order valence-corrected chi connectivity index (χ2v) is 4.42. The summed E-state index contributed by atoms with van der Waals surface area (Å²) in [5, 5.41) is 1.34. The van der Waals surface area contributed by atoms with Crippen molar-refractivity contribution < 1.29 is 14.3 Å². The molecular weight excluding hydrogens is 258 g/mol. The van der Waals surface area contributed by atoms with Crippen molar-refractivity contribution in [3.63, 3.8) is 0 Å². The fraction of sp³-hybridized carbons (Fsp3) is 0.333. The molecule has 106 valence electrons. The number of ether oxygens (including phenoxy) is 2. The van der Waals surface area contributed by atoms with Crippen LogP contribution in [0.5, 0.6) is 5.75 Å². The van der Waals surface area contributed by atoms with Gasteiger partial charge in [0.05, 0.1) is 13.7 Å². The second kappa shape index (κ2) is 6.23. The van der Waals surface area contributed by atoms with Crippen molar-refractivity contribution in [1.82, 2.24) is 4.57 Å². The molecule has 0 atom stereocenters. The molecule has 0 N–H and O–H groups in total. The van der Waals surface area contributed by atoms with Crippen LogP contribution in [0.1, 0.15) is 13.3 Å². The van der Waals surface area contributed by atoms with Crippen molar-refractivity contribution in [2.45, 2.75) is 19.9 Å². The fourth-order valence-electron chi connectivity index (χ4n) is 1.92. The Bertz CT molecular complexity index is 675. The minimum Gasteiger partial charge on any atom is -0.497 e. The Balaban J connectivity index is 2.30. The molecule has 0 saturated carbocycles. The van der Waals surface area contributed by atoms with Crippen LogP contribution in [0, 0.1) is 0 Å². The van der Waals surface area contributed by atoms with E-state index in [1.54, 1.807) is 37.6 Å². The van der Waals surface area contributed by atoms with Crippen molar-refractivity contribution in [2.75, 3.05) is 13.7 Å². The standard InChI is InChI=1S/C15H17NO4/c1-3-8-20-14(17)10-16-7-6-11-9-12(19-2)4-5-13(11)15(16)18/h4-7,9H,3,8,10H2,1-2H3. The van der Waals surface area contributed by atoms with Crippen molar-refractivity contribution in [3.8, 4) is 5.75 Å². The zero-order valence-electron chi connectivity index (χ0n) is 11.6. The van der Waals surface area contributed by atoms with Gasteiger partial charge < -0.3 is 14.0 Å². The Morgan fingerprint density at radius 2 is 2.10 bits per heavy atom. The monoisotopic (exact) mass is 275 g/mol. The molecule has 5 heteroatoms. The lowest BCUT2D eigenvalue weighted by atomic mass is 10.1. The molecule has 1 aromatic heterocycles. The summed E-state index contributed by atoms with van der Waals surface area (Å²) >= 11 is 0. The highest BCUT2D eigenvalue weighted by molar-refractivity contribution is 5.83. The van der Waals surface area contributed by atoms with Gasteiger partial charge in [-0.2, -0.15) is 0 Å². The molecule has 0 radical (unpaired) electrons. The van der Waals surface area contributed by atoms with Crippen molar-refractivity contribution >= 4 is 16.7 Å². The molecule has 0 unspecified atom stereocenters. The quantitative estimate of drug-likeness (QED) is 0.783. The van der Waals surface area contributed by atoms with Crippen molar-refractivity contribution in [1.29, 1.82) is 0 Å². The Labute approximate surface area is 116 Å². The molecule has 1 heterocycles. The number of esters is 1. The summed E-state index contributed by atoms with van der Waals surface area (Å²) in [4.78, 5) is 23.8. The van der Waals surface area contributed by atoms with Gasteiger partial charge in [0.1, 0.15) is 12.3 Å². The Morgan fingerprint density at radius 1 is 1.30 bits per heavy atom. The van der Waals surface area contributed by atoms with E-state index in [0.29, 0.717) is 17.7 Å². The number of fused-ring (bicyclic) bond motifs is 1. The first-order valence-electron chi connectivity index (χ1n) is 6.48. The van der Waals surface area contributed by atoms with Crippen LogP contribution >= 0.6 is 0 Å². The lowest BCUT2D eigenvalue weighted by Crippen LogP contribution is -2.25. The Kier molecular flexibility index (Phi) is 4.40. The predicted octanol–water partition coefficient (Wildman–Crippen LogP) is 1.96. The molecule has 5 nitrogen and oxygen atoms in total. The number of benzene rings is 1. The first kappa shape index (κ1) is 14.1. The largest absolute Gasteiger partial charge is 0.497 e. The molecule has 0 aliphatic rings. The highest BCUT2D eigenvalue weighted by Gasteiger charge is 2.08. The number of carbonyl (C=O) groups is 1. The molecular formula is C15H17NO4. The lowest BCUT2D eigenvalue weighted by Gasteiger charge is -2.08. The van der Waals surface area contributed by atoms with Crippen LogP contribution in [0.15, 0.2) is 35.3 Å². The molecule has 2 aromatic rings. The van der Waals surface area contributed by atoms with Gasteiger partial charge in [-0.15, -0.1) is 0 Å². The Morgan fingerprint density at radius 3 is 2.80 bits per heavy atom. The maximum absolute atomic E-state index is 12.3. The van der Waals surface area contributed by atoms with E-state index in [4.69, 9.17) is 9.47 Å². The minimum atomic E-state index is -0.401. The van der Waals surface area contributed by atoms with Gasteiger partial charge in [0, 0.05) is 11.6 Å². The summed E-state index contributed by atoms with van der Waals surface area (Å²) in [6.07, 6.45) is 2.36. The number of pyridine rings is 1. The number of hydrogen-bond donors (Lipinski definition) is 0. The van der Waals surface area contributed by atoms with E-state index in [-0.39, 0.29) is 12.1 Å². The van der Waals surface area contributed by atoms with Crippen LogP contribution in [0.4, 0.5) is 0 Å². The van der Waals surface area contributed by atoms with E-state index >= 15 is 0 Å². The summed E-state index contributed by atoms with van der Waals surface area (Å²) in [7, 11) is 1.58. The van der Waals surface area contributed by atoms with Crippen LogP contribution in [0.3, 0.4) is 0 Å². The number of rotatable bonds is 5. The van der Waals surface area contributed by atoms with E-state index in [1.807, 2.05) is 6.92 Å². The van der Waals surface area contributed by atoms with E-state index in [9.17, 15) is 9.59 Å². The second-order valence-electron chi connectivity index (χ2n) is 4.42. The normalized spacial score (nSPS) is 10.5. The topological polar surface area (TPSA) is 57.5 Å². The van der Waals surface area contributed by atoms with Gasteiger partial charge >= 0.3 is 5.97 Å². The summed E-state index contributed by atoms with van der Waals surface area (Å²) in [5.41, 5.74) is -0.210. The molecule has 20 heavy (non-hydrogen) atoms. The Hall–Kier alpha value is -2.30. The summed E-state index contributed by atoms with van der Waals surface area (Å²) < 4.78 is 11.5. The van der Waals surface area contributed by atoms with Gasteiger partial charge in [-0.3, -0.25) is 9.59 Å². The predicted molar refractivity (Wildman–Crippen MR) is 76.0 cm³/mol. The van der Waals surface area contributed by atoms with E-state index in [0.717, 1.165) is 11.8 Å². The smallest absolute Gasteiger partial charge is 0.326 e. The van der Waals surface area contributed by atoms with Gasteiger partial charge in [0.2, 0.25) is 0 Å². The minimum absolute atomic E-state index is 0.0686. The van der Waals surface area contributed by atoms with E-state index in [1.165, 1.54) is 4.57 Å². The lowest BCUT2D eigenvalue weighted by molar-refractivity contribution is -0.144. The van der Waals surface area contributed by atoms with Crippen molar-refractivity contribution in [3.05, 3.63) is 40.8 Å². The van der Waals surface area contributed by atoms with Crippen LogP contribution in [0.25, 0.3) is 10.8 Å². The summed E-state index contributed by atoms with van der Waals surface area (Å²) in [5.74, 6) is 0.291. The molecule has 2 rings (SSSR count). The number of methoxy groups -OCH3 is 1. The average Bonchev–Trinajstić information content (AvgIpc) is 2.47. The summed E-state index contributed by atoms with van der Waals surface area (Å²) in [6.45, 7) is 2.22. The van der Waals surface area contributed by atoms with Gasteiger partial charge in [0.25, 0.3) is 5.56 Å². The molecule has 0 fully saturated rings. The maximum atomic E-state index is 12.3. The highest BCUT2D eigenvalue weighted by atomic mass is 16.5. The molecule has 0 aliphatic heterocycles. The maximum Gasteiger partial charge on any atom is 0.326 e. The summed E-state index contributed by atoms with van der Waals surface area (Å²) in [6, 6.07) is 7.00.